The molecule has 0 aliphatic carbocycles. The number of hydrogen-bond donors (Lipinski definition) is 2. The van der Waals surface area contributed by atoms with E-state index >= 15 is 0 Å². The second-order valence-electron chi connectivity index (χ2n) is 6.78. The third-order valence-corrected chi connectivity index (χ3v) is 4.73. The highest BCUT2D eigenvalue weighted by atomic mass is 16.7. The van der Waals surface area contributed by atoms with Crippen molar-refractivity contribution < 1.29 is 28.6 Å². The molecule has 0 atom stereocenters. The van der Waals surface area contributed by atoms with Crippen LogP contribution in [-0.4, -0.2) is 44.3 Å². The molecule has 0 radical (unpaired) electrons. The van der Waals surface area contributed by atoms with Crippen LogP contribution in [-0.2, 0) is 14.3 Å². The van der Waals surface area contributed by atoms with Crippen molar-refractivity contribution in [2.75, 3.05) is 31.4 Å². The van der Waals surface area contributed by atoms with Gasteiger partial charge in [-0.05, 0) is 61.9 Å². The zero-order valence-electron chi connectivity index (χ0n) is 17.9. The van der Waals surface area contributed by atoms with Crippen molar-refractivity contribution in [2.24, 2.45) is 0 Å². The smallest absolute Gasteiger partial charge is 0.331 e. The Morgan fingerprint density at radius 2 is 1.72 bits per heavy atom. The molecule has 1 aliphatic heterocycles. The van der Waals surface area contributed by atoms with Gasteiger partial charge in [0.15, 0.2) is 18.1 Å². The first-order valence-electron chi connectivity index (χ1n) is 10.2. The summed E-state index contributed by atoms with van der Waals surface area (Å²) in [6, 6.07) is 12.3. The highest BCUT2D eigenvalue weighted by molar-refractivity contribution is 5.96. The lowest BCUT2D eigenvalue weighted by molar-refractivity contribution is -0.144. The van der Waals surface area contributed by atoms with Gasteiger partial charge < -0.3 is 19.1 Å². The maximum Gasteiger partial charge on any atom is 0.331 e. The van der Waals surface area contributed by atoms with E-state index in [1.807, 2.05) is 12.1 Å². The van der Waals surface area contributed by atoms with E-state index in [1.165, 1.54) is 12.2 Å². The number of rotatable bonds is 8. The van der Waals surface area contributed by atoms with Crippen molar-refractivity contribution in [2.45, 2.75) is 13.8 Å². The van der Waals surface area contributed by atoms with Gasteiger partial charge in [-0.25, -0.2) is 4.79 Å². The van der Waals surface area contributed by atoms with Crippen molar-refractivity contribution in [3.8, 4) is 11.5 Å². The van der Waals surface area contributed by atoms with E-state index in [9.17, 15) is 14.4 Å². The number of benzene rings is 2. The molecule has 32 heavy (non-hydrogen) atoms. The summed E-state index contributed by atoms with van der Waals surface area (Å²) in [5.74, 6) is -0.598. The Labute approximate surface area is 185 Å². The molecule has 1 aliphatic rings. The summed E-state index contributed by atoms with van der Waals surface area (Å²) in [5.41, 5.74) is 6.63. The molecule has 0 spiro atoms. The van der Waals surface area contributed by atoms with E-state index in [2.05, 4.69) is 29.6 Å². The van der Waals surface area contributed by atoms with E-state index in [4.69, 9.17) is 14.2 Å². The van der Waals surface area contributed by atoms with Crippen molar-refractivity contribution >= 4 is 29.5 Å². The second-order valence-corrected chi connectivity index (χ2v) is 6.78. The van der Waals surface area contributed by atoms with Crippen LogP contribution < -0.4 is 25.2 Å². The normalized spacial score (nSPS) is 11.8. The van der Waals surface area contributed by atoms with Gasteiger partial charge in [-0.15, -0.1) is 0 Å². The van der Waals surface area contributed by atoms with Gasteiger partial charge in [0.25, 0.3) is 11.8 Å². The molecule has 2 aromatic rings. The Balaban J connectivity index is 1.40. The van der Waals surface area contributed by atoms with E-state index in [0.29, 0.717) is 17.1 Å². The number of hydrazine groups is 1. The lowest BCUT2D eigenvalue weighted by Gasteiger charge is -2.21. The fourth-order valence-electron chi connectivity index (χ4n) is 3.01. The molecule has 9 nitrogen and oxygen atoms in total. The number of fused-ring (bicyclic) bond motifs is 1. The van der Waals surface area contributed by atoms with Gasteiger partial charge in [-0.1, -0.05) is 6.07 Å². The Morgan fingerprint density at radius 1 is 1.00 bits per heavy atom. The molecule has 0 bridgehead atoms. The summed E-state index contributed by atoms with van der Waals surface area (Å²) in [6.07, 6.45) is 2.73. The lowest BCUT2D eigenvalue weighted by Crippen LogP contribution is -2.43. The molecule has 2 aromatic carbocycles. The van der Waals surface area contributed by atoms with Gasteiger partial charge in [0.05, 0.1) is 0 Å². The Morgan fingerprint density at radius 3 is 2.44 bits per heavy atom. The van der Waals surface area contributed by atoms with Crippen molar-refractivity contribution in [1.82, 2.24) is 10.9 Å². The molecule has 0 saturated carbocycles. The van der Waals surface area contributed by atoms with Gasteiger partial charge in [0.1, 0.15) is 0 Å². The molecular weight excluding hydrogens is 414 g/mol. The van der Waals surface area contributed by atoms with Gasteiger partial charge in [-0.2, -0.15) is 0 Å². The predicted octanol–water partition coefficient (Wildman–Crippen LogP) is 2.28. The third-order valence-electron chi connectivity index (χ3n) is 4.73. The van der Waals surface area contributed by atoms with Gasteiger partial charge in [0, 0.05) is 30.4 Å². The van der Waals surface area contributed by atoms with Crippen molar-refractivity contribution in [3.63, 3.8) is 0 Å². The van der Waals surface area contributed by atoms with Gasteiger partial charge in [0.2, 0.25) is 6.79 Å². The molecule has 2 amide bonds. The van der Waals surface area contributed by atoms with Crippen LogP contribution in [0, 0.1) is 0 Å². The molecule has 168 valence electrons. The number of esters is 1. The monoisotopic (exact) mass is 439 g/mol. The van der Waals surface area contributed by atoms with E-state index in [0.717, 1.165) is 24.3 Å². The van der Waals surface area contributed by atoms with Crippen LogP contribution in [0.3, 0.4) is 0 Å². The minimum absolute atomic E-state index is 0.165. The van der Waals surface area contributed by atoms with Crippen LogP contribution in [0.25, 0.3) is 6.08 Å². The van der Waals surface area contributed by atoms with Crippen LogP contribution in [0.15, 0.2) is 48.5 Å². The van der Waals surface area contributed by atoms with Crippen molar-refractivity contribution in [1.29, 1.82) is 0 Å². The number of carbonyl (C=O) groups excluding carboxylic acids is 3. The quantitative estimate of drug-likeness (QED) is 0.369. The Bertz CT molecular complexity index is 999. The van der Waals surface area contributed by atoms with E-state index in [1.54, 1.807) is 30.3 Å². The minimum Gasteiger partial charge on any atom is -0.454 e. The summed E-state index contributed by atoms with van der Waals surface area (Å²) in [5, 5.41) is 0. The first kappa shape index (κ1) is 22.7. The number of nitrogens with zero attached hydrogens (tertiary/aromatic N) is 1. The van der Waals surface area contributed by atoms with Crippen LogP contribution >= 0.6 is 0 Å². The summed E-state index contributed by atoms with van der Waals surface area (Å²) < 4.78 is 15.4. The first-order valence-corrected chi connectivity index (χ1v) is 10.2. The first-order chi connectivity index (χ1) is 15.5. The summed E-state index contributed by atoms with van der Waals surface area (Å²) in [6.45, 7) is 5.47. The highest BCUT2D eigenvalue weighted by Crippen LogP contribution is 2.32. The number of amides is 2. The molecular formula is C23H25N3O6. The highest BCUT2D eigenvalue weighted by Gasteiger charge is 2.13. The summed E-state index contributed by atoms with van der Waals surface area (Å²) in [4.78, 5) is 38.0. The fourth-order valence-corrected chi connectivity index (χ4v) is 3.01. The Kier molecular flexibility index (Phi) is 7.69. The van der Waals surface area contributed by atoms with Crippen molar-refractivity contribution in [3.05, 3.63) is 59.7 Å². The number of nitrogens with one attached hydrogen (secondary N) is 2. The van der Waals surface area contributed by atoms with Crippen LogP contribution in [0.5, 0.6) is 11.5 Å². The topological polar surface area (TPSA) is 106 Å². The largest absolute Gasteiger partial charge is 0.454 e. The Hall–Kier alpha value is -4.01. The lowest BCUT2D eigenvalue weighted by atomic mass is 10.2. The number of anilines is 1. The number of hydrogen-bond acceptors (Lipinski definition) is 7. The average molecular weight is 439 g/mol. The summed E-state index contributed by atoms with van der Waals surface area (Å²) >= 11 is 0. The molecule has 1 heterocycles. The molecule has 9 heteroatoms. The second kappa shape index (κ2) is 10.9. The molecule has 0 saturated heterocycles. The van der Waals surface area contributed by atoms with Crippen LogP contribution in [0.1, 0.15) is 29.8 Å². The zero-order chi connectivity index (χ0) is 22.9. The molecule has 0 aromatic heterocycles. The van der Waals surface area contributed by atoms with Gasteiger partial charge in [-0.3, -0.25) is 20.4 Å². The maximum absolute atomic E-state index is 12.2. The van der Waals surface area contributed by atoms with Crippen LogP contribution in [0.4, 0.5) is 5.69 Å². The maximum atomic E-state index is 12.2. The predicted molar refractivity (Wildman–Crippen MR) is 118 cm³/mol. The SMILES string of the molecule is CCN(CC)c1ccc(C(=O)NNC(=O)COC(=O)/C=C/c2ccc3c(c2)OCO3)cc1. The number of ether oxygens (including phenoxy) is 3. The zero-order valence-corrected chi connectivity index (χ0v) is 17.9. The average Bonchev–Trinajstić information content (AvgIpc) is 3.29. The minimum atomic E-state index is -0.698. The molecule has 0 fully saturated rings. The standard InChI is InChI=1S/C23H25N3O6/c1-3-26(4-2)18-9-7-17(8-10-18)23(29)25-24-21(27)14-30-22(28)12-6-16-5-11-19-20(13-16)32-15-31-19/h5-13H,3-4,14-15H2,1-2H3,(H,24,27)(H,25,29)/b12-6+. The van der Waals surface area contributed by atoms with E-state index in [-0.39, 0.29) is 6.79 Å². The molecule has 0 unspecified atom stereocenters. The van der Waals surface area contributed by atoms with Crippen LogP contribution in [0.2, 0.25) is 0 Å². The fraction of sp³-hybridized carbons (Fsp3) is 0.261. The van der Waals surface area contributed by atoms with Gasteiger partial charge >= 0.3 is 5.97 Å². The number of carbonyl (C=O) groups is 3. The third kappa shape index (κ3) is 6.00. The molecule has 2 N–H and O–H groups in total. The molecule has 3 rings (SSSR count). The van der Waals surface area contributed by atoms with E-state index < -0.39 is 24.4 Å². The summed E-state index contributed by atoms with van der Waals surface area (Å²) in [7, 11) is 0.